The highest BCUT2D eigenvalue weighted by Crippen LogP contribution is 2.38. The van der Waals surface area contributed by atoms with Crippen molar-refractivity contribution < 1.29 is 4.74 Å². The average Bonchev–Trinajstić information content (AvgIpc) is 2.31. The number of ether oxygens (including phenoxy) is 1. The summed E-state index contributed by atoms with van der Waals surface area (Å²) in [4.78, 5) is 0. The SMILES string of the molecule is CC#CCNC1CCOC2(CCCCC2)C1. The van der Waals surface area contributed by atoms with Gasteiger partial charge in [-0.1, -0.05) is 25.2 Å². The molecule has 90 valence electrons. The first-order valence-corrected chi connectivity index (χ1v) is 6.62. The van der Waals surface area contributed by atoms with Crippen molar-refractivity contribution in [2.45, 2.75) is 63.5 Å². The molecule has 1 saturated heterocycles. The van der Waals surface area contributed by atoms with E-state index >= 15 is 0 Å². The largest absolute Gasteiger partial charge is 0.375 e. The van der Waals surface area contributed by atoms with Gasteiger partial charge in [-0.3, -0.25) is 0 Å². The van der Waals surface area contributed by atoms with Crippen LogP contribution in [0.15, 0.2) is 0 Å². The van der Waals surface area contributed by atoms with Gasteiger partial charge in [0.25, 0.3) is 0 Å². The summed E-state index contributed by atoms with van der Waals surface area (Å²) < 4.78 is 6.07. The van der Waals surface area contributed by atoms with Gasteiger partial charge in [0.2, 0.25) is 0 Å². The Morgan fingerprint density at radius 2 is 2.12 bits per heavy atom. The van der Waals surface area contributed by atoms with Gasteiger partial charge >= 0.3 is 0 Å². The lowest BCUT2D eigenvalue weighted by Crippen LogP contribution is -2.48. The second-order valence-electron chi connectivity index (χ2n) is 5.09. The number of hydrogen-bond donors (Lipinski definition) is 1. The highest BCUT2D eigenvalue weighted by Gasteiger charge is 2.38. The number of hydrogen-bond acceptors (Lipinski definition) is 2. The molecule has 1 aliphatic heterocycles. The van der Waals surface area contributed by atoms with Crippen molar-refractivity contribution >= 4 is 0 Å². The first-order valence-electron chi connectivity index (χ1n) is 6.62. The molecule has 0 bridgehead atoms. The van der Waals surface area contributed by atoms with Gasteiger partial charge in [-0.05, 0) is 32.6 Å². The third-order valence-electron chi connectivity index (χ3n) is 3.91. The highest BCUT2D eigenvalue weighted by molar-refractivity contribution is 4.99. The molecule has 1 spiro atoms. The lowest BCUT2D eigenvalue weighted by Gasteiger charge is -2.43. The fourth-order valence-corrected chi connectivity index (χ4v) is 3.03. The molecule has 0 radical (unpaired) electrons. The molecular formula is C14H23NO. The van der Waals surface area contributed by atoms with Crippen molar-refractivity contribution in [3.8, 4) is 11.8 Å². The lowest BCUT2D eigenvalue weighted by atomic mass is 9.78. The maximum absolute atomic E-state index is 6.07. The van der Waals surface area contributed by atoms with Crippen LogP contribution in [-0.2, 0) is 4.74 Å². The quantitative estimate of drug-likeness (QED) is 0.723. The molecule has 1 saturated carbocycles. The van der Waals surface area contributed by atoms with Gasteiger partial charge in [-0.2, -0.15) is 0 Å². The van der Waals surface area contributed by atoms with E-state index in [0.29, 0.717) is 6.04 Å². The summed E-state index contributed by atoms with van der Waals surface area (Å²) >= 11 is 0. The van der Waals surface area contributed by atoms with Gasteiger partial charge in [0, 0.05) is 12.6 Å². The van der Waals surface area contributed by atoms with Crippen molar-refractivity contribution in [2.75, 3.05) is 13.2 Å². The summed E-state index contributed by atoms with van der Waals surface area (Å²) in [6, 6.07) is 0.618. The predicted molar refractivity (Wildman–Crippen MR) is 66.2 cm³/mol. The minimum Gasteiger partial charge on any atom is -0.375 e. The second-order valence-corrected chi connectivity index (χ2v) is 5.09. The molecule has 1 heterocycles. The van der Waals surface area contributed by atoms with Crippen LogP contribution in [0.4, 0.5) is 0 Å². The molecule has 2 fully saturated rings. The Balaban J connectivity index is 1.84. The van der Waals surface area contributed by atoms with Gasteiger partial charge in [-0.25, -0.2) is 0 Å². The van der Waals surface area contributed by atoms with Crippen LogP contribution in [0.2, 0.25) is 0 Å². The monoisotopic (exact) mass is 221 g/mol. The fourth-order valence-electron chi connectivity index (χ4n) is 3.03. The predicted octanol–water partition coefficient (Wildman–Crippen LogP) is 2.48. The van der Waals surface area contributed by atoms with Crippen LogP contribution < -0.4 is 5.32 Å². The third-order valence-corrected chi connectivity index (χ3v) is 3.91. The van der Waals surface area contributed by atoms with Crippen LogP contribution in [0.3, 0.4) is 0 Å². The summed E-state index contributed by atoms with van der Waals surface area (Å²) in [5.41, 5.74) is 0.216. The standard InChI is InChI=1S/C14H23NO/c1-2-3-10-15-13-7-11-16-14(12-13)8-5-4-6-9-14/h13,15H,4-12H2,1H3. The van der Waals surface area contributed by atoms with Crippen LogP contribution in [0.5, 0.6) is 0 Å². The highest BCUT2D eigenvalue weighted by atomic mass is 16.5. The third kappa shape index (κ3) is 2.99. The smallest absolute Gasteiger partial charge is 0.0697 e. The van der Waals surface area contributed by atoms with E-state index < -0.39 is 0 Å². The van der Waals surface area contributed by atoms with Crippen molar-refractivity contribution in [1.82, 2.24) is 5.32 Å². The fraction of sp³-hybridized carbons (Fsp3) is 0.857. The molecule has 1 unspecified atom stereocenters. The van der Waals surface area contributed by atoms with Crippen LogP contribution in [0.25, 0.3) is 0 Å². The lowest BCUT2D eigenvalue weighted by molar-refractivity contribution is -0.108. The molecule has 0 aromatic rings. The Bertz CT molecular complexity index is 265. The molecule has 1 N–H and O–H groups in total. The molecule has 2 rings (SSSR count). The van der Waals surface area contributed by atoms with E-state index in [0.717, 1.165) is 19.6 Å². The molecule has 0 aromatic heterocycles. The zero-order valence-electron chi connectivity index (χ0n) is 10.3. The first kappa shape index (κ1) is 12.0. The Labute approximate surface area is 99.1 Å². The summed E-state index contributed by atoms with van der Waals surface area (Å²) in [5, 5.41) is 3.54. The van der Waals surface area contributed by atoms with E-state index in [2.05, 4.69) is 17.2 Å². The van der Waals surface area contributed by atoms with E-state index in [4.69, 9.17) is 4.74 Å². The Hall–Kier alpha value is -0.520. The number of rotatable bonds is 2. The van der Waals surface area contributed by atoms with E-state index in [1.54, 1.807) is 0 Å². The molecule has 0 aromatic carbocycles. The maximum atomic E-state index is 6.07. The van der Waals surface area contributed by atoms with E-state index in [1.807, 2.05) is 6.92 Å². The van der Waals surface area contributed by atoms with Gasteiger partial charge in [0.05, 0.1) is 12.1 Å². The summed E-state index contributed by atoms with van der Waals surface area (Å²) in [6.07, 6.45) is 8.97. The molecule has 2 heteroatoms. The van der Waals surface area contributed by atoms with Gasteiger partial charge < -0.3 is 10.1 Å². The van der Waals surface area contributed by atoms with E-state index in [9.17, 15) is 0 Å². The van der Waals surface area contributed by atoms with Crippen LogP contribution in [-0.4, -0.2) is 24.8 Å². The molecule has 1 atom stereocenters. The molecule has 16 heavy (non-hydrogen) atoms. The molecule has 1 aliphatic carbocycles. The number of nitrogens with one attached hydrogen (secondary N) is 1. The average molecular weight is 221 g/mol. The van der Waals surface area contributed by atoms with Crippen molar-refractivity contribution in [3.05, 3.63) is 0 Å². The summed E-state index contributed by atoms with van der Waals surface area (Å²) in [6.45, 7) is 3.66. The summed E-state index contributed by atoms with van der Waals surface area (Å²) in [7, 11) is 0. The maximum Gasteiger partial charge on any atom is 0.0697 e. The van der Waals surface area contributed by atoms with Crippen molar-refractivity contribution in [2.24, 2.45) is 0 Å². The van der Waals surface area contributed by atoms with Gasteiger partial charge in [0.1, 0.15) is 0 Å². The molecular weight excluding hydrogens is 198 g/mol. The molecule has 0 amide bonds. The van der Waals surface area contributed by atoms with Gasteiger partial charge in [-0.15, -0.1) is 5.92 Å². The zero-order chi connectivity index (χ0) is 11.3. The normalized spacial score (nSPS) is 28.4. The Morgan fingerprint density at radius 1 is 1.31 bits per heavy atom. The molecule has 2 nitrogen and oxygen atoms in total. The molecule has 2 aliphatic rings. The summed E-state index contributed by atoms with van der Waals surface area (Å²) in [5.74, 6) is 6.02. The second kappa shape index (κ2) is 5.70. The topological polar surface area (TPSA) is 21.3 Å². The Morgan fingerprint density at radius 3 is 2.88 bits per heavy atom. The van der Waals surface area contributed by atoms with E-state index in [1.165, 1.54) is 38.5 Å². The van der Waals surface area contributed by atoms with Crippen molar-refractivity contribution in [1.29, 1.82) is 0 Å². The minimum absolute atomic E-state index is 0.216. The van der Waals surface area contributed by atoms with E-state index in [-0.39, 0.29) is 5.60 Å². The Kier molecular flexibility index (Phi) is 4.26. The first-order chi connectivity index (χ1) is 7.85. The van der Waals surface area contributed by atoms with Crippen LogP contribution in [0.1, 0.15) is 51.9 Å². The minimum atomic E-state index is 0.216. The van der Waals surface area contributed by atoms with Crippen molar-refractivity contribution in [3.63, 3.8) is 0 Å². The zero-order valence-corrected chi connectivity index (χ0v) is 10.3. The van der Waals surface area contributed by atoms with Crippen LogP contribution >= 0.6 is 0 Å². The van der Waals surface area contributed by atoms with Gasteiger partial charge in [0.15, 0.2) is 0 Å². The van der Waals surface area contributed by atoms with Crippen LogP contribution in [0, 0.1) is 11.8 Å².